The van der Waals surface area contributed by atoms with Gasteiger partial charge >= 0.3 is 5.97 Å². The van der Waals surface area contributed by atoms with Gasteiger partial charge in [0.05, 0.1) is 13.5 Å². The molecule has 1 aromatic carbocycles. The van der Waals surface area contributed by atoms with Crippen LogP contribution in [0, 0.1) is 11.7 Å². The minimum Gasteiger partial charge on any atom is -0.467 e. The van der Waals surface area contributed by atoms with Crippen LogP contribution in [0.1, 0.15) is 31.2 Å². The summed E-state index contributed by atoms with van der Waals surface area (Å²) in [5.41, 5.74) is 0.519. The van der Waals surface area contributed by atoms with E-state index in [1.54, 1.807) is 6.07 Å². The number of carbonyl (C=O) groups excluding carboxylic acids is 3. The van der Waals surface area contributed by atoms with Crippen molar-refractivity contribution in [1.82, 2.24) is 5.32 Å². The van der Waals surface area contributed by atoms with E-state index in [0.717, 1.165) is 0 Å². The van der Waals surface area contributed by atoms with Gasteiger partial charge in [0.25, 0.3) is 0 Å². The summed E-state index contributed by atoms with van der Waals surface area (Å²) < 4.78 is 17.9. The van der Waals surface area contributed by atoms with E-state index >= 15 is 0 Å². The summed E-state index contributed by atoms with van der Waals surface area (Å²) in [5.74, 6) is -1.53. The summed E-state index contributed by atoms with van der Waals surface area (Å²) in [7, 11) is 1.25. The van der Waals surface area contributed by atoms with Crippen molar-refractivity contribution < 1.29 is 23.5 Å². The van der Waals surface area contributed by atoms with Gasteiger partial charge < -0.3 is 10.1 Å². The van der Waals surface area contributed by atoms with Crippen molar-refractivity contribution in [1.29, 1.82) is 0 Å². The highest BCUT2D eigenvalue weighted by molar-refractivity contribution is 5.87. The third-order valence-electron chi connectivity index (χ3n) is 4.02. The molecule has 1 N–H and O–H groups in total. The predicted molar refractivity (Wildman–Crippen MR) is 81.0 cm³/mol. The third-order valence-corrected chi connectivity index (χ3v) is 4.02. The fraction of sp³-hybridized carbons (Fsp3) is 0.471. The van der Waals surface area contributed by atoms with Crippen molar-refractivity contribution in [2.75, 3.05) is 7.11 Å². The first kappa shape index (κ1) is 17.1. The highest BCUT2D eigenvalue weighted by atomic mass is 19.1. The van der Waals surface area contributed by atoms with Gasteiger partial charge in [-0.1, -0.05) is 12.1 Å². The fourth-order valence-electron chi connectivity index (χ4n) is 2.90. The molecule has 1 aromatic rings. The molecule has 2 atom stereocenters. The number of rotatable bonds is 5. The molecule has 1 amide bonds. The normalized spacial score (nSPS) is 19.0. The number of halogens is 1. The van der Waals surface area contributed by atoms with Crippen molar-refractivity contribution in [2.24, 2.45) is 5.92 Å². The number of ketones is 1. The van der Waals surface area contributed by atoms with Gasteiger partial charge in [0.15, 0.2) is 0 Å². The van der Waals surface area contributed by atoms with Crippen molar-refractivity contribution in [2.45, 2.75) is 38.1 Å². The van der Waals surface area contributed by atoms with E-state index in [4.69, 9.17) is 4.74 Å². The van der Waals surface area contributed by atoms with E-state index in [1.807, 2.05) is 0 Å². The molecule has 0 bridgehead atoms. The van der Waals surface area contributed by atoms with Gasteiger partial charge in [0.1, 0.15) is 17.6 Å². The Morgan fingerprint density at radius 1 is 1.43 bits per heavy atom. The molecule has 0 aromatic heterocycles. The largest absolute Gasteiger partial charge is 0.467 e. The first-order chi connectivity index (χ1) is 11.0. The molecule has 0 saturated heterocycles. The molecule has 2 rings (SSSR count). The minimum absolute atomic E-state index is 0.0358. The molecule has 0 unspecified atom stereocenters. The van der Waals surface area contributed by atoms with Crippen LogP contribution in [-0.2, 0) is 25.5 Å². The number of esters is 1. The highest BCUT2D eigenvalue weighted by Gasteiger charge is 2.34. The lowest BCUT2D eigenvalue weighted by Gasteiger charge is -2.28. The maximum Gasteiger partial charge on any atom is 0.328 e. The molecule has 23 heavy (non-hydrogen) atoms. The lowest BCUT2D eigenvalue weighted by molar-refractivity contribution is -0.147. The van der Waals surface area contributed by atoms with Crippen LogP contribution in [0.2, 0.25) is 0 Å². The van der Waals surface area contributed by atoms with E-state index in [1.165, 1.54) is 25.3 Å². The first-order valence-corrected chi connectivity index (χ1v) is 7.63. The van der Waals surface area contributed by atoms with E-state index in [-0.39, 0.29) is 24.5 Å². The Kier molecular flexibility index (Phi) is 5.84. The van der Waals surface area contributed by atoms with Gasteiger partial charge in [-0.2, -0.15) is 0 Å². The minimum atomic E-state index is -0.842. The molecule has 1 fully saturated rings. The molecule has 5 nitrogen and oxygen atoms in total. The zero-order chi connectivity index (χ0) is 16.8. The Morgan fingerprint density at radius 3 is 2.87 bits per heavy atom. The van der Waals surface area contributed by atoms with Crippen molar-refractivity contribution in [3.63, 3.8) is 0 Å². The smallest absolute Gasteiger partial charge is 0.328 e. The standard InChI is InChI=1S/C17H20FNO4/c1-23-17(22)16(12-5-3-7-14(20)10-12)19-15(21)9-11-4-2-6-13(18)8-11/h2,4,6,8,12,16H,3,5,7,9-10H2,1H3,(H,19,21)/t12-,16+/m0/s1. The topological polar surface area (TPSA) is 72.5 Å². The second-order valence-electron chi connectivity index (χ2n) is 5.77. The molecule has 1 saturated carbocycles. The number of benzene rings is 1. The van der Waals surface area contributed by atoms with Crippen LogP contribution in [0.15, 0.2) is 24.3 Å². The van der Waals surface area contributed by atoms with Crippen LogP contribution in [0.4, 0.5) is 4.39 Å². The maximum atomic E-state index is 13.2. The number of amides is 1. The van der Waals surface area contributed by atoms with Gasteiger partial charge in [-0.3, -0.25) is 9.59 Å². The van der Waals surface area contributed by atoms with Gasteiger partial charge in [-0.25, -0.2) is 9.18 Å². The van der Waals surface area contributed by atoms with E-state index in [2.05, 4.69) is 5.32 Å². The number of ether oxygens (including phenoxy) is 1. The maximum absolute atomic E-state index is 13.2. The molecule has 0 spiro atoms. The summed E-state index contributed by atoms with van der Waals surface area (Å²) in [4.78, 5) is 35.7. The molecule has 1 aliphatic rings. The van der Waals surface area contributed by atoms with Gasteiger partial charge in [-0.15, -0.1) is 0 Å². The zero-order valence-corrected chi connectivity index (χ0v) is 13.0. The van der Waals surface area contributed by atoms with Gasteiger partial charge in [-0.05, 0) is 36.5 Å². The van der Waals surface area contributed by atoms with E-state index in [0.29, 0.717) is 24.8 Å². The SMILES string of the molecule is COC(=O)[C@H](NC(=O)Cc1cccc(F)c1)[C@H]1CCCC(=O)C1. The Morgan fingerprint density at radius 2 is 2.22 bits per heavy atom. The predicted octanol–water partition coefficient (Wildman–Crippen LogP) is 1.79. The quantitative estimate of drug-likeness (QED) is 0.839. The van der Waals surface area contributed by atoms with Gasteiger partial charge in [0.2, 0.25) is 5.91 Å². The lowest BCUT2D eigenvalue weighted by atomic mass is 9.83. The van der Waals surface area contributed by atoms with Crippen molar-refractivity contribution >= 4 is 17.7 Å². The van der Waals surface area contributed by atoms with Crippen LogP contribution in [0.25, 0.3) is 0 Å². The molecule has 0 heterocycles. The summed E-state index contributed by atoms with van der Waals surface area (Å²) in [6.07, 6.45) is 2.13. The van der Waals surface area contributed by atoms with Gasteiger partial charge in [0, 0.05) is 12.8 Å². The van der Waals surface area contributed by atoms with E-state index in [9.17, 15) is 18.8 Å². The molecule has 0 aliphatic heterocycles. The monoisotopic (exact) mass is 321 g/mol. The summed E-state index contributed by atoms with van der Waals surface area (Å²) >= 11 is 0. The summed E-state index contributed by atoms with van der Waals surface area (Å²) in [6.45, 7) is 0. The lowest BCUT2D eigenvalue weighted by Crippen LogP contribution is -2.48. The molecular weight excluding hydrogens is 301 g/mol. The van der Waals surface area contributed by atoms with Crippen LogP contribution in [-0.4, -0.2) is 30.8 Å². The average Bonchev–Trinajstić information content (AvgIpc) is 2.52. The number of nitrogens with one attached hydrogen (secondary N) is 1. The Labute approximate surface area is 134 Å². The van der Waals surface area contributed by atoms with Crippen molar-refractivity contribution in [3.8, 4) is 0 Å². The number of methoxy groups -OCH3 is 1. The number of hydrogen-bond donors (Lipinski definition) is 1. The van der Waals surface area contributed by atoms with E-state index < -0.39 is 23.7 Å². The third kappa shape index (κ3) is 4.87. The number of carbonyl (C=O) groups is 3. The van der Waals surface area contributed by atoms with Crippen molar-refractivity contribution in [3.05, 3.63) is 35.6 Å². The fourth-order valence-corrected chi connectivity index (χ4v) is 2.90. The Bertz CT molecular complexity index is 602. The second kappa shape index (κ2) is 7.85. The Balaban J connectivity index is 2.03. The summed E-state index contributed by atoms with van der Waals surface area (Å²) in [5, 5.41) is 2.64. The second-order valence-corrected chi connectivity index (χ2v) is 5.77. The molecular formula is C17H20FNO4. The van der Waals surface area contributed by atoms with Crippen LogP contribution >= 0.6 is 0 Å². The molecule has 124 valence electrons. The molecule has 1 aliphatic carbocycles. The number of hydrogen-bond acceptors (Lipinski definition) is 4. The average molecular weight is 321 g/mol. The first-order valence-electron chi connectivity index (χ1n) is 7.63. The molecule has 0 radical (unpaired) electrons. The highest BCUT2D eigenvalue weighted by Crippen LogP contribution is 2.25. The zero-order valence-electron chi connectivity index (χ0n) is 13.0. The number of Topliss-reactive ketones (excluding diaryl/α,β-unsaturated/α-hetero) is 1. The molecule has 6 heteroatoms. The van der Waals surface area contributed by atoms with Crippen LogP contribution < -0.4 is 5.32 Å². The van der Waals surface area contributed by atoms with Crippen LogP contribution in [0.5, 0.6) is 0 Å². The summed E-state index contributed by atoms with van der Waals surface area (Å²) in [6, 6.07) is 4.89. The Hall–Kier alpha value is -2.24. The van der Waals surface area contributed by atoms with Crippen LogP contribution in [0.3, 0.4) is 0 Å².